The second-order valence-electron chi connectivity index (χ2n) is 7.36. The van der Waals surface area contributed by atoms with Crippen molar-refractivity contribution in [2.45, 2.75) is 4.90 Å². The molecule has 0 aliphatic carbocycles. The molecule has 31 heavy (non-hydrogen) atoms. The summed E-state index contributed by atoms with van der Waals surface area (Å²) in [6.07, 6.45) is 1.84. The number of nitrogens with one attached hydrogen (secondary N) is 1. The molecule has 1 aromatic heterocycles. The lowest BCUT2D eigenvalue weighted by atomic mass is 10.2. The summed E-state index contributed by atoms with van der Waals surface area (Å²) in [4.78, 5) is 30.2. The Morgan fingerprint density at radius 2 is 1.81 bits per heavy atom. The number of amides is 2. The van der Waals surface area contributed by atoms with Crippen molar-refractivity contribution in [3.05, 3.63) is 73.0 Å². The number of thioether (sulfide) groups is 1. The Balaban J connectivity index is 1.29. The number of hydrogen-bond donors (Lipinski definition) is 1. The van der Waals surface area contributed by atoms with Gasteiger partial charge in [0.25, 0.3) is 5.91 Å². The van der Waals surface area contributed by atoms with Crippen LogP contribution in [0.4, 0.5) is 5.69 Å². The van der Waals surface area contributed by atoms with Crippen LogP contribution in [0.2, 0.25) is 0 Å². The van der Waals surface area contributed by atoms with E-state index >= 15 is 0 Å². The number of benzene rings is 2. The molecule has 0 unspecified atom stereocenters. The first-order valence-electron chi connectivity index (χ1n) is 10.3. The molecule has 1 N–H and O–H groups in total. The molecule has 1 aliphatic heterocycles. The Bertz CT molecular complexity index is 1050. The van der Waals surface area contributed by atoms with Crippen LogP contribution in [0.5, 0.6) is 0 Å². The van der Waals surface area contributed by atoms with Crippen LogP contribution in [-0.4, -0.2) is 60.1 Å². The molecule has 160 valence electrons. The van der Waals surface area contributed by atoms with Crippen LogP contribution in [0.1, 0.15) is 10.6 Å². The van der Waals surface area contributed by atoms with Gasteiger partial charge in [0.2, 0.25) is 5.91 Å². The second-order valence-corrected chi connectivity index (χ2v) is 8.42. The van der Waals surface area contributed by atoms with Crippen molar-refractivity contribution in [2.24, 2.45) is 0 Å². The highest BCUT2D eigenvalue weighted by atomic mass is 32.2. The molecule has 7 heteroatoms. The molecule has 2 aromatic carbocycles. The number of fused-ring (bicyclic) bond motifs is 1. The average Bonchev–Trinajstić information content (AvgIpc) is 3.23. The van der Waals surface area contributed by atoms with Gasteiger partial charge in [-0.1, -0.05) is 36.4 Å². The summed E-state index contributed by atoms with van der Waals surface area (Å²) >= 11 is 1.64. The number of rotatable bonds is 7. The van der Waals surface area contributed by atoms with E-state index in [1.807, 2.05) is 54.6 Å². The standard InChI is InChI=1S/C24H25N3O3S/c1-2-15-31-22-10-6-4-8-19(22)25-23(28)17-26-11-13-27(14-12-26)24(29)21-16-18-7-3-5-9-20(18)30-21/h2-10,16H,1,11-15,17H2,(H,25,28). The highest BCUT2D eigenvalue weighted by molar-refractivity contribution is 7.99. The smallest absolute Gasteiger partial charge is 0.289 e. The van der Waals surface area contributed by atoms with Gasteiger partial charge in [0, 0.05) is 42.2 Å². The summed E-state index contributed by atoms with van der Waals surface area (Å²) in [5, 5.41) is 3.93. The van der Waals surface area contributed by atoms with Gasteiger partial charge >= 0.3 is 0 Å². The van der Waals surface area contributed by atoms with E-state index in [2.05, 4.69) is 16.8 Å². The molecule has 0 saturated carbocycles. The van der Waals surface area contributed by atoms with Crippen LogP contribution in [-0.2, 0) is 4.79 Å². The Hall–Kier alpha value is -3.03. The van der Waals surface area contributed by atoms with E-state index in [-0.39, 0.29) is 11.8 Å². The molecule has 0 atom stereocenters. The van der Waals surface area contributed by atoms with Crippen molar-refractivity contribution < 1.29 is 14.0 Å². The molecule has 1 aliphatic rings. The number of furan rings is 1. The molecule has 4 rings (SSSR count). The van der Waals surface area contributed by atoms with Crippen LogP contribution in [0.25, 0.3) is 11.0 Å². The molecular formula is C24H25N3O3S. The van der Waals surface area contributed by atoms with Crippen LogP contribution in [0, 0.1) is 0 Å². The molecule has 6 nitrogen and oxygen atoms in total. The van der Waals surface area contributed by atoms with Gasteiger partial charge in [0.1, 0.15) is 5.58 Å². The lowest BCUT2D eigenvalue weighted by molar-refractivity contribution is -0.117. The van der Waals surface area contributed by atoms with E-state index in [1.54, 1.807) is 22.7 Å². The minimum atomic E-state index is -0.103. The van der Waals surface area contributed by atoms with Gasteiger partial charge in [-0.15, -0.1) is 18.3 Å². The van der Waals surface area contributed by atoms with Gasteiger partial charge in [-0.3, -0.25) is 14.5 Å². The minimum Gasteiger partial charge on any atom is -0.451 e. The molecule has 2 heterocycles. The first-order chi connectivity index (χ1) is 15.1. The minimum absolute atomic E-state index is 0.0521. The SMILES string of the molecule is C=CCSc1ccccc1NC(=O)CN1CCN(C(=O)c2cc3ccccc3o2)CC1. The van der Waals surface area contributed by atoms with E-state index in [0.717, 1.165) is 21.7 Å². The van der Waals surface area contributed by atoms with Crippen molar-refractivity contribution >= 4 is 40.2 Å². The zero-order chi connectivity index (χ0) is 21.6. The normalized spacial score (nSPS) is 14.5. The number of piperazine rings is 1. The van der Waals surface area contributed by atoms with Crippen molar-refractivity contribution in [3.8, 4) is 0 Å². The Kier molecular flexibility index (Phi) is 6.74. The van der Waals surface area contributed by atoms with Crippen molar-refractivity contribution in [1.82, 2.24) is 9.80 Å². The maximum atomic E-state index is 12.8. The van der Waals surface area contributed by atoms with Gasteiger partial charge in [-0.25, -0.2) is 0 Å². The highest BCUT2D eigenvalue weighted by Crippen LogP contribution is 2.27. The second kappa shape index (κ2) is 9.85. The third-order valence-corrected chi connectivity index (χ3v) is 6.25. The average molecular weight is 436 g/mol. The predicted octanol–water partition coefficient (Wildman–Crippen LogP) is 4.11. The summed E-state index contributed by atoms with van der Waals surface area (Å²) in [5.41, 5.74) is 1.53. The number of hydrogen-bond acceptors (Lipinski definition) is 5. The fourth-order valence-corrected chi connectivity index (χ4v) is 4.34. The van der Waals surface area contributed by atoms with Crippen LogP contribution in [0.3, 0.4) is 0 Å². The molecule has 3 aromatic rings. The van der Waals surface area contributed by atoms with Gasteiger partial charge in [-0.2, -0.15) is 0 Å². The molecule has 1 saturated heterocycles. The fourth-order valence-electron chi connectivity index (χ4n) is 3.59. The summed E-state index contributed by atoms with van der Waals surface area (Å²) in [5.74, 6) is 0.992. The molecule has 2 amide bonds. The largest absolute Gasteiger partial charge is 0.451 e. The molecule has 0 spiro atoms. The predicted molar refractivity (Wildman–Crippen MR) is 125 cm³/mol. The van der Waals surface area contributed by atoms with Gasteiger partial charge in [0.15, 0.2) is 5.76 Å². The number of nitrogens with zero attached hydrogens (tertiary/aromatic N) is 2. The maximum absolute atomic E-state index is 12.8. The van der Waals surface area contributed by atoms with Crippen LogP contribution < -0.4 is 5.32 Å². The lowest BCUT2D eigenvalue weighted by Gasteiger charge is -2.33. The number of para-hydroxylation sites is 2. The lowest BCUT2D eigenvalue weighted by Crippen LogP contribution is -2.50. The number of anilines is 1. The van der Waals surface area contributed by atoms with Crippen LogP contribution in [0.15, 0.2) is 76.6 Å². The number of carbonyl (C=O) groups excluding carboxylic acids is 2. The molecular weight excluding hydrogens is 410 g/mol. The van der Waals surface area contributed by atoms with Crippen molar-refractivity contribution in [3.63, 3.8) is 0 Å². The fraction of sp³-hybridized carbons (Fsp3) is 0.250. The number of carbonyl (C=O) groups is 2. The van der Waals surface area contributed by atoms with Crippen molar-refractivity contribution in [2.75, 3.05) is 43.8 Å². The Morgan fingerprint density at radius 3 is 2.58 bits per heavy atom. The molecule has 0 radical (unpaired) electrons. The summed E-state index contributed by atoms with van der Waals surface area (Å²) in [7, 11) is 0. The summed E-state index contributed by atoms with van der Waals surface area (Å²) in [6.45, 7) is 6.46. The van der Waals surface area contributed by atoms with Crippen molar-refractivity contribution in [1.29, 1.82) is 0 Å². The maximum Gasteiger partial charge on any atom is 0.289 e. The zero-order valence-electron chi connectivity index (χ0n) is 17.3. The molecule has 1 fully saturated rings. The monoisotopic (exact) mass is 435 g/mol. The first-order valence-corrected chi connectivity index (χ1v) is 11.3. The Labute approximate surface area is 185 Å². The first kappa shape index (κ1) is 21.2. The van der Waals surface area contributed by atoms with E-state index in [1.165, 1.54) is 0 Å². The van der Waals surface area contributed by atoms with E-state index < -0.39 is 0 Å². The van der Waals surface area contributed by atoms with E-state index in [4.69, 9.17) is 4.42 Å². The highest BCUT2D eigenvalue weighted by Gasteiger charge is 2.25. The van der Waals surface area contributed by atoms with E-state index in [0.29, 0.717) is 44.1 Å². The van der Waals surface area contributed by atoms with E-state index in [9.17, 15) is 9.59 Å². The Morgan fingerprint density at radius 1 is 1.06 bits per heavy atom. The third-order valence-electron chi connectivity index (χ3n) is 5.18. The van der Waals surface area contributed by atoms with Gasteiger partial charge < -0.3 is 14.6 Å². The van der Waals surface area contributed by atoms with Gasteiger partial charge in [-0.05, 0) is 24.3 Å². The zero-order valence-corrected chi connectivity index (χ0v) is 18.1. The molecule has 0 bridgehead atoms. The summed E-state index contributed by atoms with van der Waals surface area (Å²) in [6, 6.07) is 17.2. The van der Waals surface area contributed by atoms with Gasteiger partial charge in [0.05, 0.1) is 12.2 Å². The quantitative estimate of drug-likeness (QED) is 0.447. The topological polar surface area (TPSA) is 65.8 Å². The van der Waals surface area contributed by atoms with Crippen LogP contribution >= 0.6 is 11.8 Å². The third kappa shape index (κ3) is 5.18. The summed E-state index contributed by atoms with van der Waals surface area (Å²) < 4.78 is 5.70.